The summed E-state index contributed by atoms with van der Waals surface area (Å²) in [5.41, 5.74) is 4.48. The van der Waals surface area contributed by atoms with E-state index in [9.17, 15) is 5.26 Å². The standard InChI is InChI=1S/C16H17BrN4/c1-4-12-13(9-18)16(21-20-15(12)5-2)19-11-6-7-14(17)10(3)8-11/h6-8H,4-5H2,1-3H3,(H,19,21). The van der Waals surface area contributed by atoms with Crippen LogP contribution in [-0.4, -0.2) is 10.2 Å². The Kier molecular flexibility index (Phi) is 4.92. The van der Waals surface area contributed by atoms with Crippen molar-refractivity contribution in [3.8, 4) is 6.07 Å². The van der Waals surface area contributed by atoms with Gasteiger partial charge in [0.15, 0.2) is 5.82 Å². The van der Waals surface area contributed by atoms with Gasteiger partial charge in [-0.2, -0.15) is 10.4 Å². The summed E-state index contributed by atoms with van der Waals surface area (Å²) < 4.78 is 1.05. The predicted octanol–water partition coefficient (Wildman–Crippen LogP) is 4.29. The molecular formula is C16H17BrN4. The largest absolute Gasteiger partial charge is 0.338 e. The first-order valence-electron chi connectivity index (χ1n) is 6.92. The molecule has 4 nitrogen and oxygen atoms in total. The van der Waals surface area contributed by atoms with Crippen LogP contribution in [0, 0.1) is 18.3 Å². The summed E-state index contributed by atoms with van der Waals surface area (Å²) in [5, 5.41) is 21.1. The van der Waals surface area contributed by atoms with Crippen LogP contribution in [0.5, 0.6) is 0 Å². The second kappa shape index (κ2) is 6.68. The van der Waals surface area contributed by atoms with E-state index in [4.69, 9.17) is 0 Å². The molecule has 0 aliphatic rings. The topological polar surface area (TPSA) is 61.6 Å². The van der Waals surface area contributed by atoms with Crippen molar-refractivity contribution in [2.24, 2.45) is 0 Å². The van der Waals surface area contributed by atoms with Crippen molar-refractivity contribution in [2.45, 2.75) is 33.6 Å². The van der Waals surface area contributed by atoms with Crippen molar-refractivity contribution >= 4 is 27.4 Å². The van der Waals surface area contributed by atoms with Crippen molar-refractivity contribution in [1.82, 2.24) is 10.2 Å². The zero-order valence-corrected chi connectivity index (χ0v) is 14.0. The molecule has 0 saturated carbocycles. The highest BCUT2D eigenvalue weighted by Crippen LogP contribution is 2.25. The molecule has 2 rings (SSSR count). The SMILES string of the molecule is CCc1nnc(Nc2ccc(Br)c(C)c2)c(C#N)c1CC. The van der Waals surface area contributed by atoms with E-state index in [1.54, 1.807) is 0 Å². The number of aryl methyl sites for hydroxylation is 2. The third-order valence-corrected chi connectivity index (χ3v) is 4.27. The first-order valence-corrected chi connectivity index (χ1v) is 7.71. The van der Waals surface area contributed by atoms with E-state index in [0.29, 0.717) is 11.4 Å². The molecule has 0 unspecified atom stereocenters. The number of anilines is 2. The van der Waals surface area contributed by atoms with Gasteiger partial charge < -0.3 is 5.32 Å². The van der Waals surface area contributed by atoms with Gasteiger partial charge in [-0.25, -0.2) is 0 Å². The van der Waals surface area contributed by atoms with E-state index in [1.165, 1.54) is 0 Å². The highest BCUT2D eigenvalue weighted by Gasteiger charge is 2.14. The Morgan fingerprint density at radius 1 is 1.24 bits per heavy atom. The van der Waals surface area contributed by atoms with Crippen molar-refractivity contribution in [3.05, 3.63) is 45.1 Å². The van der Waals surface area contributed by atoms with Crippen molar-refractivity contribution in [1.29, 1.82) is 5.26 Å². The van der Waals surface area contributed by atoms with Gasteiger partial charge in [0.25, 0.3) is 0 Å². The molecule has 1 aromatic heterocycles. The molecule has 2 aromatic rings. The minimum Gasteiger partial charge on any atom is -0.338 e. The van der Waals surface area contributed by atoms with Gasteiger partial charge in [0.1, 0.15) is 11.6 Å². The first-order chi connectivity index (χ1) is 10.1. The van der Waals surface area contributed by atoms with Crippen molar-refractivity contribution < 1.29 is 0 Å². The van der Waals surface area contributed by atoms with Gasteiger partial charge in [-0.1, -0.05) is 29.8 Å². The maximum absolute atomic E-state index is 9.46. The lowest BCUT2D eigenvalue weighted by atomic mass is 10.0. The molecule has 0 aliphatic carbocycles. The lowest BCUT2D eigenvalue weighted by molar-refractivity contribution is 0.877. The summed E-state index contributed by atoms with van der Waals surface area (Å²) in [7, 11) is 0. The number of halogens is 1. The van der Waals surface area contributed by atoms with Crippen LogP contribution in [0.25, 0.3) is 0 Å². The highest BCUT2D eigenvalue weighted by molar-refractivity contribution is 9.10. The molecule has 1 aromatic carbocycles. The molecule has 0 bridgehead atoms. The second-order valence-electron chi connectivity index (χ2n) is 4.76. The third-order valence-electron chi connectivity index (χ3n) is 3.38. The van der Waals surface area contributed by atoms with Crippen molar-refractivity contribution in [3.63, 3.8) is 0 Å². The van der Waals surface area contributed by atoms with Crippen LogP contribution in [0.3, 0.4) is 0 Å². The van der Waals surface area contributed by atoms with Gasteiger partial charge in [-0.15, -0.1) is 5.10 Å². The summed E-state index contributed by atoms with van der Waals surface area (Å²) in [6.07, 6.45) is 1.55. The van der Waals surface area contributed by atoms with Gasteiger partial charge in [-0.05, 0) is 49.1 Å². The van der Waals surface area contributed by atoms with E-state index < -0.39 is 0 Å². The molecule has 108 valence electrons. The molecule has 21 heavy (non-hydrogen) atoms. The highest BCUT2D eigenvalue weighted by atomic mass is 79.9. The van der Waals surface area contributed by atoms with Gasteiger partial charge >= 0.3 is 0 Å². The fraction of sp³-hybridized carbons (Fsp3) is 0.312. The number of nitriles is 1. The molecule has 0 radical (unpaired) electrons. The fourth-order valence-corrected chi connectivity index (χ4v) is 2.49. The Morgan fingerprint density at radius 3 is 2.57 bits per heavy atom. The number of benzene rings is 1. The maximum atomic E-state index is 9.46. The van der Waals surface area contributed by atoms with Crippen LogP contribution in [0.2, 0.25) is 0 Å². The van der Waals surface area contributed by atoms with Crippen molar-refractivity contribution in [2.75, 3.05) is 5.32 Å². The number of aromatic nitrogens is 2. The Hall–Kier alpha value is -1.93. The second-order valence-corrected chi connectivity index (χ2v) is 5.61. The summed E-state index contributed by atoms with van der Waals surface area (Å²) in [6, 6.07) is 8.18. The molecule has 0 fully saturated rings. The maximum Gasteiger partial charge on any atom is 0.171 e. The quantitative estimate of drug-likeness (QED) is 0.898. The van der Waals surface area contributed by atoms with E-state index in [-0.39, 0.29) is 0 Å². The van der Waals surface area contributed by atoms with Gasteiger partial charge in [-0.3, -0.25) is 0 Å². The van der Waals surface area contributed by atoms with Crippen LogP contribution < -0.4 is 5.32 Å². The van der Waals surface area contributed by atoms with Gasteiger partial charge in [0.2, 0.25) is 0 Å². The van der Waals surface area contributed by atoms with E-state index in [2.05, 4.69) is 37.5 Å². The average Bonchev–Trinajstić information content (AvgIpc) is 2.50. The van der Waals surface area contributed by atoms with Gasteiger partial charge in [0, 0.05) is 10.2 Å². The van der Waals surface area contributed by atoms with E-state index in [1.807, 2.05) is 39.0 Å². The van der Waals surface area contributed by atoms with Crippen LogP contribution in [0.1, 0.15) is 36.2 Å². The molecule has 0 amide bonds. The van der Waals surface area contributed by atoms with Crippen LogP contribution in [0.4, 0.5) is 11.5 Å². The van der Waals surface area contributed by atoms with E-state index in [0.717, 1.165) is 39.8 Å². The summed E-state index contributed by atoms with van der Waals surface area (Å²) in [5.74, 6) is 0.522. The number of rotatable bonds is 4. The Bertz CT molecular complexity index is 704. The third kappa shape index (κ3) is 3.22. The lowest BCUT2D eigenvalue weighted by Gasteiger charge is -2.12. The molecule has 1 N–H and O–H groups in total. The minimum absolute atomic E-state index is 0.522. The molecule has 0 spiro atoms. The Morgan fingerprint density at radius 2 is 2.00 bits per heavy atom. The molecule has 0 atom stereocenters. The van der Waals surface area contributed by atoms with Crippen LogP contribution in [-0.2, 0) is 12.8 Å². The number of hydrogen-bond donors (Lipinski definition) is 1. The van der Waals surface area contributed by atoms with E-state index >= 15 is 0 Å². The molecule has 0 aliphatic heterocycles. The summed E-state index contributed by atoms with van der Waals surface area (Å²) in [4.78, 5) is 0. The summed E-state index contributed by atoms with van der Waals surface area (Å²) in [6.45, 7) is 6.07. The average molecular weight is 345 g/mol. The smallest absolute Gasteiger partial charge is 0.171 e. The fourth-order valence-electron chi connectivity index (χ4n) is 2.24. The zero-order valence-electron chi connectivity index (χ0n) is 12.4. The summed E-state index contributed by atoms with van der Waals surface area (Å²) >= 11 is 3.48. The first kappa shape index (κ1) is 15.5. The number of hydrogen-bond acceptors (Lipinski definition) is 4. The normalized spacial score (nSPS) is 10.2. The van der Waals surface area contributed by atoms with Crippen LogP contribution in [0.15, 0.2) is 22.7 Å². The Balaban J connectivity index is 2.44. The monoisotopic (exact) mass is 344 g/mol. The molecule has 5 heteroatoms. The predicted molar refractivity (Wildman–Crippen MR) is 87.7 cm³/mol. The molecule has 0 saturated heterocycles. The van der Waals surface area contributed by atoms with Gasteiger partial charge in [0.05, 0.1) is 5.69 Å². The van der Waals surface area contributed by atoms with Crippen LogP contribution >= 0.6 is 15.9 Å². The molecular weight excluding hydrogens is 328 g/mol. The lowest BCUT2D eigenvalue weighted by Crippen LogP contribution is -2.07. The number of nitrogens with zero attached hydrogens (tertiary/aromatic N) is 3. The number of nitrogens with one attached hydrogen (secondary N) is 1. The Labute approximate surface area is 133 Å². The minimum atomic E-state index is 0.522. The zero-order chi connectivity index (χ0) is 15.4. The molecule has 1 heterocycles.